The van der Waals surface area contributed by atoms with Gasteiger partial charge in [-0.25, -0.2) is 29.3 Å². The number of ether oxygens (including phenoxy) is 4. The molecule has 0 aromatic carbocycles. The molecule has 0 atom stereocenters. The molecule has 12 nitrogen and oxygen atoms in total. The lowest BCUT2D eigenvalue weighted by Crippen LogP contribution is -2.24. The molecule has 300 valence electrons. The van der Waals surface area contributed by atoms with Gasteiger partial charge in [-0.2, -0.15) is 5.10 Å². The molecule has 0 aliphatic heterocycles. The Kier molecular flexibility index (Phi) is 11.4. The van der Waals surface area contributed by atoms with Crippen molar-refractivity contribution in [2.75, 3.05) is 13.2 Å². The van der Waals surface area contributed by atoms with E-state index in [-0.39, 0.29) is 39.1 Å². The summed E-state index contributed by atoms with van der Waals surface area (Å²) in [7, 11) is 0. The third-order valence-corrected chi connectivity index (χ3v) is 8.32. The number of nitrogens with one attached hydrogen (secondary N) is 1. The average Bonchev–Trinajstić information content (AvgIpc) is 3.94. The summed E-state index contributed by atoms with van der Waals surface area (Å²) in [6, 6.07) is 9.11. The van der Waals surface area contributed by atoms with Crippen LogP contribution in [0.2, 0.25) is 15.5 Å². The Morgan fingerprint density at radius 3 is 1.78 bits per heavy atom. The number of aromatic nitrogens is 6. The Hall–Kier alpha value is -3.87. The smallest absolute Gasteiger partial charge is 0.341 e. The fourth-order valence-corrected chi connectivity index (χ4v) is 4.77. The lowest BCUT2D eigenvalue weighted by atomic mass is 10.0. The van der Waals surface area contributed by atoms with Crippen LogP contribution in [0.1, 0.15) is 138 Å². The number of aromatic amines is 1. The van der Waals surface area contributed by atoms with E-state index in [9.17, 15) is 9.59 Å². The third kappa shape index (κ3) is 15.7. The normalized spacial score (nSPS) is 18.2. The highest BCUT2D eigenvalue weighted by atomic mass is 35.5. The van der Waals surface area contributed by atoms with Crippen molar-refractivity contribution in [1.29, 1.82) is 0 Å². The molecule has 2 fully saturated rings. The summed E-state index contributed by atoms with van der Waals surface area (Å²) < 4.78 is 86.8. The molecule has 15 heteroatoms. The lowest BCUT2D eigenvalue weighted by molar-refractivity contribution is 0.00567. The molecule has 4 aromatic rings. The quantitative estimate of drug-likeness (QED) is 0.102. The van der Waals surface area contributed by atoms with Crippen LogP contribution in [-0.4, -0.2) is 66.3 Å². The largest absolute Gasteiger partial charge is 0.478 e. The van der Waals surface area contributed by atoms with Crippen molar-refractivity contribution in [2.45, 2.75) is 118 Å². The lowest BCUT2D eigenvalue weighted by Gasteiger charge is -2.19. The Morgan fingerprint density at radius 1 is 0.782 bits per heavy atom. The Bertz CT molecular complexity index is 2220. The minimum absolute atomic E-state index is 0.0353. The number of esters is 2. The first-order valence-corrected chi connectivity index (χ1v) is 18.6. The molecule has 0 unspecified atom stereocenters. The van der Waals surface area contributed by atoms with Crippen LogP contribution in [0.15, 0.2) is 48.8 Å². The van der Waals surface area contributed by atoms with E-state index in [2.05, 4.69) is 25.3 Å². The summed E-state index contributed by atoms with van der Waals surface area (Å²) in [5, 5.41) is 10.7. The van der Waals surface area contributed by atoms with E-state index in [1.165, 1.54) is 35.1 Å². The molecule has 4 aromatic heterocycles. The molecule has 2 saturated carbocycles. The van der Waals surface area contributed by atoms with Gasteiger partial charge in [-0.15, -0.1) is 5.10 Å². The molecule has 4 heterocycles. The minimum atomic E-state index is -2.18. The van der Waals surface area contributed by atoms with Crippen LogP contribution in [0.4, 0.5) is 0 Å². The number of nitrogens with zero attached hydrogens (tertiary/aromatic N) is 5. The van der Waals surface area contributed by atoms with Crippen LogP contribution >= 0.6 is 34.8 Å². The average molecular weight is 828 g/mol. The molecule has 55 heavy (non-hydrogen) atoms. The predicted octanol–water partition coefficient (Wildman–Crippen LogP) is 10.5. The van der Waals surface area contributed by atoms with E-state index in [0.29, 0.717) is 24.5 Å². The first-order chi connectivity index (χ1) is 28.7. The van der Waals surface area contributed by atoms with Crippen molar-refractivity contribution in [1.82, 2.24) is 29.9 Å². The minimum Gasteiger partial charge on any atom is -0.478 e. The van der Waals surface area contributed by atoms with Crippen molar-refractivity contribution in [3.63, 3.8) is 0 Å². The Balaban J connectivity index is 0.000000229. The van der Waals surface area contributed by atoms with E-state index in [4.69, 9.17) is 64.7 Å². The van der Waals surface area contributed by atoms with Crippen molar-refractivity contribution in [3.8, 4) is 17.6 Å². The zero-order valence-corrected chi connectivity index (χ0v) is 34.4. The van der Waals surface area contributed by atoms with Gasteiger partial charge in [0.05, 0.1) is 30.5 Å². The van der Waals surface area contributed by atoms with Crippen molar-refractivity contribution >= 4 is 46.7 Å². The highest BCUT2D eigenvalue weighted by Gasteiger charge is 2.36. The standard InChI is InChI=1S/C20H26ClN3O3.C10H11Cl2NO2.C10H16N2O/c1-19(2,3)27-18(25)14-6-7-15(22-17(14)21)24-12-8-16(23-24)26-13-5-9-20(4)10-11-20;1-10(2,3)15-9(14)6-4-5-7(11)13-8(6)12;1-10(5-6-10)4-2-8-13-9-3-7-11-12-9/h6-8,12H,5,9-11,13H2,1-4H3;4-5H,1-3H3;3,7H,2,4-6,8H2,1H3,(H,11,12)/i5D2,9D2;;2D2,4D2. The summed E-state index contributed by atoms with van der Waals surface area (Å²) in [6.45, 7) is 13.3. The molecule has 2 aliphatic rings. The van der Waals surface area contributed by atoms with Crippen molar-refractivity contribution in [3.05, 3.63) is 75.4 Å². The van der Waals surface area contributed by atoms with Gasteiger partial charge in [-0.3, -0.25) is 0 Å². The topological polar surface area (TPSA) is 143 Å². The summed E-state index contributed by atoms with van der Waals surface area (Å²) in [5.41, 5.74) is -2.10. The summed E-state index contributed by atoms with van der Waals surface area (Å²) in [5.74, 6) is -0.282. The molecule has 0 spiro atoms. The van der Waals surface area contributed by atoms with Gasteiger partial charge in [0.2, 0.25) is 11.8 Å². The van der Waals surface area contributed by atoms with Crippen LogP contribution in [0.25, 0.3) is 5.82 Å². The van der Waals surface area contributed by atoms with Crippen LogP contribution < -0.4 is 9.47 Å². The van der Waals surface area contributed by atoms with Gasteiger partial charge in [-0.1, -0.05) is 48.7 Å². The molecule has 0 radical (unpaired) electrons. The highest BCUT2D eigenvalue weighted by molar-refractivity contribution is 6.34. The van der Waals surface area contributed by atoms with E-state index in [1.54, 1.807) is 73.7 Å². The maximum absolute atomic E-state index is 12.2. The summed E-state index contributed by atoms with van der Waals surface area (Å²) >= 11 is 17.5. The van der Waals surface area contributed by atoms with Crippen molar-refractivity contribution in [2.24, 2.45) is 10.8 Å². The number of H-pyrrole nitrogens is 1. The van der Waals surface area contributed by atoms with Gasteiger partial charge in [0, 0.05) is 29.3 Å². The number of hydrogen-bond donors (Lipinski definition) is 1. The van der Waals surface area contributed by atoms with Crippen molar-refractivity contribution < 1.29 is 39.5 Å². The van der Waals surface area contributed by atoms with Gasteiger partial charge in [0.15, 0.2) is 5.82 Å². The second-order valence-electron chi connectivity index (χ2n) is 15.3. The predicted molar refractivity (Wildman–Crippen MR) is 214 cm³/mol. The molecule has 1 N–H and O–H groups in total. The van der Waals surface area contributed by atoms with E-state index < -0.39 is 66.1 Å². The number of pyridine rings is 2. The van der Waals surface area contributed by atoms with E-state index in [1.807, 2.05) is 0 Å². The monoisotopic (exact) mass is 826 g/mol. The molecule has 0 amide bonds. The molecule has 2 aliphatic carbocycles. The summed E-state index contributed by atoms with van der Waals surface area (Å²) in [4.78, 5) is 31.7. The summed E-state index contributed by atoms with van der Waals surface area (Å²) in [6.07, 6.45) is -2.31. The fourth-order valence-electron chi connectivity index (χ4n) is 4.12. The first kappa shape index (κ1) is 33.3. The zero-order valence-electron chi connectivity index (χ0n) is 40.2. The maximum atomic E-state index is 12.2. The van der Waals surface area contributed by atoms with E-state index >= 15 is 0 Å². The van der Waals surface area contributed by atoms with Gasteiger partial charge in [-0.05, 0) is 128 Å². The van der Waals surface area contributed by atoms with Gasteiger partial charge in [0.25, 0.3) is 0 Å². The molecule has 0 bridgehead atoms. The second kappa shape index (κ2) is 18.8. The van der Waals surface area contributed by atoms with E-state index in [0.717, 1.165) is 12.8 Å². The number of carbonyl (C=O) groups excluding carboxylic acids is 2. The molecular weight excluding hydrogens is 767 g/mol. The SMILES string of the molecule is CC(C)(C)OC(=O)c1ccc(Cl)nc1Cl.[2H]C([2H])(COc1ccn(-c2ccc(C(=O)OC(C)(C)C)c(Cl)n2)n1)C([2H])([2H])C1(C)CC1.[2H]C([2H])(COc1ccn[nH]1)C([2H])([2H])C1(C)CC1. The molecular formula is C40H53Cl3N6O6. The zero-order chi connectivity index (χ0) is 47.6. The third-order valence-electron chi connectivity index (χ3n) is 7.53. The Morgan fingerprint density at radius 2 is 1.31 bits per heavy atom. The number of carbonyl (C=O) groups is 2. The maximum Gasteiger partial charge on any atom is 0.341 e. The van der Waals surface area contributed by atoms with Gasteiger partial charge >= 0.3 is 11.9 Å². The van der Waals surface area contributed by atoms with Crippen LogP contribution in [-0.2, 0) is 9.47 Å². The Labute approximate surface area is 350 Å². The second-order valence-corrected chi connectivity index (χ2v) is 16.4. The van der Waals surface area contributed by atoms with Crippen LogP contribution in [0.3, 0.4) is 0 Å². The van der Waals surface area contributed by atoms with Crippen LogP contribution in [0.5, 0.6) is 11.8 Å². The number of halogens is 3. The first-order valence-electron chi connectivity index (χ1n) is 21.5. The number of rotatable bonds is 13. The molecule has 6 rings (SSSR count). The fraction of sp³-hybridized carbons (Fsp3) is 0.550. The highest BCUT2D eigenvalue weighted by Crippen LogP contribution is 2.49. The number of hydrogen-bond acceptors (Lipinski definition) is 10. The van der Waals surface area contributed by atoms with Crippen LogP contribution in [0, 0.1) is 10.8 Å². The van der Waals surface area contributed by atoms with Gasteiger partial charge in [0.1, 0.15) is 26.7 Å². The van der Waals surface area contributed by atoms with Gasteiger partial charge < -0.3 is 18.9 Å². The molecule has 0 saturated heterocycles.